The molecule has 222 valence electrons. The van der Waals surface area contributed by atoms with Gasteiger partial charge in [0.05, 0.1) is 18.3 Å². The molecule has 10 heteroatoms. The van der Waals surface area contributed by atoms with Gasteiger partial charge in [-0.05, 0) is 54.6 Å². The second kappa shape index (κ2) is 13.0. The van der Waals surface area contributed by atoms with Crippen molar-refractivity contribution < 1.29 is 17.9 Å². The molecule has 1 saturated heterocycles. The van der Waals surface area contributed by atoms with Crippen LogP contribution in [-0.2, 0) is 10.0 Å². The van der Waals surface area contributed by atoms with Crippen molar-refractivity contribution in [1.29, 1.82) is 0 Å². The fourth-order valence-electron chi connectivity index (χ4n) is 5.22. The van der Waals surface area contributed by atoms with Crippen molar-refractivity contribution in [3.63, 3.8) is 0 Å². The highest BCUT2D eigenvalue weighted by atomic mass is 32.2. The smallest absolute Gasteiger partial charge is 0.253 e. The summed E-state index contributed by atoms with van der Waals surface area (Å²) in [6.07, 6.45) is 1.52. The number of methoxy groups -OCH3 is 1. The second-order valence-corrected chi connectivity index (χ2v) is 12.0. The molecule has 1 aliphatic heterocycles. The largest absolute Gasteiger partial charge is 0.495 e. The summed E-state index contributed by atoms with van der Waals surface area (Å²) in [6.45, 7) is 7.47. The molecule has 0 bridgehead atoms. The zero-order valence-electron chi connectivity index (χ0n) is 23.9. The molecule has 0 radical (unpaired) electrons. The van der Waals surface area contributed by atoms with E-state index < -0.39 is 10.0 Å². The van der Waals surface area contributed by atoms with Crippen LogP contribution in [0.4, 0.5) is 0 Å². The van der Waals surface area contributed by atoms with E-state index in [1.807, 2.05) is 67.3 Å². The highest BCUT2D eigenvalue weighted by Gasteiger charge is 2.26. The first-order valence-electron chi connectivity index (χ1n) is 13.8. The van der Waals surface area contributed by atoms with Crippen LogP contribution in [0.2, 0.25) is 0 Å². The molecule has 5 rings (SSSR count). The van der Waals surface area contributed by atoms with Crippen LogP contribution in [-0.4, -0.2) is 91.8 Å². The number of rotatable bonds is 8. The molecule has 0 spiro atoms. The van der Waals surface area contributed by atoms with Crippen LogP contribution in [0, 0.1) is 0 Å². The number of sulfonamides is 1. The number of carbonyl (C=O) groups excluding carboxylic acids is 1. The van der Waals surface area contributed by atoms with Gasteiger partial charge in [-0.1, -0.05) is 45.5 Å². The third-order valence-corrected chi connectivity index (χ3v) is 9.70. The molecule has 2 heterocycles. The number of fused-ring (bicyclic) bond motifs is 1. The zero-order valence-corrected chi connectivity index (χ0v) is 24.7. The van der Waals surface area contributed by atoms with E-state index in [4.69, 9.17) is 4.74 Å². The Morgan fingerprint density at radius 2 is 1.60 bits per heavy atom. The minimum absolute atomic E-state index is 0. The van der Waals surface area contributed by atoms with Gasteiger partial charge in [-0.25, -0.2) is 18.4 Å². The number of amides is 1. The standard InChI is InChI=1S/C31H35N5O4S.CH4/c1-5-36(6-2)41(38,39)29-20-23(11-13-28(29)40-4)22-10-12-27-26(19-22)30(33-21-32-27)24-8-7-9-25(18-24)31(37)35-16-14-34(3)15-17-35;/h7-13,18-21H,5-6,14-17H2,1-4H3;1H4. The Kier molecular flexibility index (Phi) is 9.60. The van der Waals surface area contributed by atoms with E-state index in [1.54, 1.807) is 12.1 Å². The Bertz CT molecular complexity index is 1680. The number of nitrogens with zero attached hydrogens (tertiary/aromatic N) is 5. The maximum atomic E-state index is 13.4. The Balaban J connectivity index is 0.00000405. The number of hydrogen-bond donors (Lipinski definition) is 0. The van der Waals surface area contributed by atoms with Crippen molar-refractivity contribution in [2.45, 2.75) is 26.2 Å². The Morgan fingerprint density at radius 1 is 0.905 bits per heavy atom. The second-order valence-electron chi connectivity index (χ2n) is 10.1. The number of piperazine rings is 1. The van der Waals surface area contributed by atoms with Gasteiger partial charge in [0.2, 0.25) is 10.0 Å². The molecule has 3 aromatic carbocycles. The molecule has 1 amide bonds. The lowest BCUT2D eigenvalue weighted by Crippen LogP contribution is -2.47. The Hall–Kier alpha value is -3.86. The van der Waals surface area contributed by atoms with Gasteiger partial charge >= 0.3 is 0 Å². The molecule has 1 fully saturated rings. The van der Waals surface area contributed by atoms with Crippen LogP contribution in [0.1, 0.15) is 31.6 Å². The quantitative estimate of drug-likeness (QED) is 0.285. The van der Waals surface area contributed by atoms with Gasteiger partial charge in [-0.2, -0.15) is 4.31 Å². The van der Waals surface area contributed by atoms with Crippen LogP contribution < -0.4 is 4.74 Å². The summed E-state index contributed by atoms with van der Waals surface area (Å²) in [4.78, 5) is 26.6. The predicted molar refractivity (Wildman–Crippen MR) is 167 cm³/mol. The molecular weight excluding hydrogens is 550 g/mol. The molecular formula is C32H39N5O4S. The van der Waals surface area contributed by atoms with Crippen LogP contribution >= 0.6 is 0 Å². The monoisotopic (exact) mass is 589 g/mol. The van der Waals surface area contributed by atoms with Crippen LogP contribution in [0.3, 0.4) is 0 Å². The average molecular weight is 590 g/mol. The first-order chi connectivity index (χ1) is 19.8. The lowest BCUT2D eigenvalue weighted by molar-refractivity contribution is 0.0664. The molecule has 0 saturated carbocycles. The summed E-state index contributed by atoms with van der Waals surface area (Å²) in [6, 6.07) is 18.5. The molecule has 0 unspecified atom stereocenters. The Morgan fingerprint density at radius 3 is 2.29 bits per heavy atom. The fraction of sp³-hybridized carbons (Fsp3) is 0.344. The third-order valence-electron chi connectivity index (χ3n) is 7.63. The van der Waals surface area contributed by atoms with Crippen molar-refractivity contribution in [2.75, 3.05) is 53.4 Å². The molecule has 0 aliphatic carbocycles. The van der Waals surface area contributed by atoms with Crippen molar-refractivity contribution in [1.82, 2.24) is 24.1 Å². The van der Waals surface area contributed by atoms with E-state index in [0.717, 1.165) is 40.7 Å². The van der Waals surface area contributed by atoms with Crippen molar-refractivity contribution >= 4 is 26.8 Å². The van der Waals surface area contributed by atoms with Gasteiger partial charge in [0, 0.05) is 55.8 Å². The van der Waals surface area contributed by atoms with Gasteiger partial charge in [-0.3, -0.25) is 4.79 Å². The third kappa shape index (κ3) is 6.01. The molecule has 9 nitrogen and oxygen atoms in total. The van der Waals surface area contributed by atoms with Crippen molar-refractivity contribution in [3.8, 4) is 28.1 Å². The van der Waals surface area contributed by atoms with Crippen LogP contribution in [0.15, 0.2) is 71.9 Å². The maximum Gasteiger partial charge on any atom is 0.253 e. The maximum absolute atomic E-state index is 13.4. The average Bonchev–Trinajstić information content (AvgIpc) is 3.00. The fourth-order valence-corrected chi connectivity index (χ4v) is 6.86. The van der Waals surface area contributed by atoms with Gasteiger partial charge in [0.1, 0.15) is 17.0 Å². The SMILES string of the molecule is C.CCN(CC)S(=O)(=O)c1cc(-c2ccc3ncnc(-c4cccc(C(=O)N5CCN(C)CC5)c4)c3c2)ccc1OC. The summed E-state index contributed by atoms with van der Waals surface area (Å²) in [7, 11) is -0.215. The lowest BCUT2D eigenvalue weighted by atomic mass is 9.99. The normalized spacial score (nSPS) is 14.2. The number of ether oxygens (including phenoxy) is 1. The molecule has 0 N–H and O–H groups in total. The highest BCUT2D eigenvalue weighted by Crippen LogP contribution is 2.34. The van der Waals surface area contributed by atoms with E-state index in [2.05, 4.69) is 21.9 Å². The van der Waals surface area contributed by atoms with E-state index in [0.29, 0.717) is 43.2 Å². The van der Waals surface area contributed by atoms with E-state index >= 15 is 0 Å². The molecule has 0 atom stereocenters. The van der Waals surface area contributed by atoms with Gasteiger partial charge in [0.15, 0.2) is 0 Å². The summed E-state index contributed by atoms with van der Waals surface area (Å²) >= 11 is 0. The predicted octanol–water partition coefficient (Wildman–Crippen LogP) is 5.03. The minimum atomic E-state index is -3.75. The topological polar surface area (TPSA) is 95.9 Å². The van der Waals surface area contributed by atoms with Crippen LogP contribution in [0.25, 0.3) is 33.3 Å². The summed E-state index contributed by atoms with van der Waals surface area (Å²) in [5.74, 6) is 0.312. The van der Waals surface area contributed by atoms with E-state index in [9.17, 15) is 13.2 Å². The lowest BCUT2D eigenvalue weighted by Gasteiger charge is -2.32. The van der Waals surface area contributed by atoms with Gasteiger partial charge in [-0.15, -0.1) is 0 Å². The zero-order chi connectivity index (χ0) is 29.1. The molecule has 42 heavy (non-hydrogen) atoms. The number of hydrogen-bond acceptors (Lipinski definition) is 7. The van der Waals surface area contributed by atoms with E-state index in [-0.39, 0.29) is 18.2 Å². The summed E-state index contributed by atoms with van der Waals surface area (Å²) < 4.78 is 33.7. The van der Waals surface area contributed by atoms with Gasteiger partial charge < -0.3 is 14.5 Å². The molecule has 1 aromatic heterocycles. The Labute approximate surface area is 248 Å². The molecule has 1 aliphatic rings. The van der Waals surface area contributed by atoms with Crippen LogP contribution in [0.5, 0.6) is 5.75 Å². The number of carbonyl (C=O) groups is 1. The number of benzene rings is 3. The number of likely N-dealkylation sites (N-methyl/N-ethyl adjacent to an activating group) is 1. The number of aromatic nitrogens is 2. The highest BCUT2D eigenvalue weighted by molar-refractivity contribution is 7.89. The van der Waals surface area contributed by atoms with Crippen molar-refractivity contribution in [2.24, 2.45) is 0 Å². The van der Waals surface area contributed by atoms with E-state index in [1.165, 1.54) is 17.7 Å². The first-order valence-corrected chi connectivity index (χ1v) is 15.2. The minimum Gasteiger partial charge on any atom is -0.495 e. The first kappa shape index (κ1) is 31.1. The van der Waals surface area contributed by atoms with Crippen molar-refractivity contribution in [3.05, 3.63) is 72.6 Å². The van der Waals surface area contributed by atoms with Gasteiger partial charge in [0.25, 0.3) is 5.91 Å². The summed E-state index contributed by atoms with van der Waals surface area (Å²) in [5.41, 5.74) is 4.43. The summed E-state index contributed by atoms with van der Waals surface area (Å²) in [5, 5.41) is 0.804. The molecule has 4 aromatic rings.